The van der Waals surface area contributed by atoms with Crippen LogP contribution in [0.15, 0.2) is 103 Å². The van der Waals surface area contributed by atoms with E-state index in [-0.39, 0.29) is 11.8 Å². The predicted molar refractivity (Wildman–Crippen MR) is 164 cm³/mol. The fourth-order valence-corrected chi connectivity index (χ4v) is 5.11. The van der Waals surface area contributed by atoms with Crippen molar-refractivity contribution in [2.24, 2.45) is 0 Å². The Morgan fingerprint density at radius 1 is 0.829 bits per heavy atom. The van der Waals surface area contributed by atoms with Crippen LogP contribution in [0.5, 0.6) is 11.5 Å². The average Bonchev–Trinajstić information content (AvgIpc) is 3.46. The number of halogens is 2. The van der Waals surface area contributed by atoms with Crippen LogP contribution in [0.25, 0.3) is 16.9 Å². The van der Waals surface area contributed by atoms with Crippen molar-refractivity contribution in [3.05, 3.63) is 130 Å². The van der Waals surface area contributed by atoms with Crippen LogP contribution in [-0.4, -0.2) is 36.5 Å². The van der Waals surface area contributed by atoms with Gasteiger partial charge in [0, 0.05) is 24.1 Å². The minimum absolute atomic E-state index is 0.136. The number of nitrogens with zero attached hydrogens (tertiary/aromatic N) is 2. The molecule has 0 aliphatic carbocycles. The second-order valence-corrected chi connectivity index (χ2v) is 10.2. The number of rotatable bonds is 10. The van der Waals surface area contributed by atoms with Crippen LogP contribution in [0.1, 0.15) is 34.0 Å². The number of aromatic nitrogens is 2. The molecular weight excluding hydrogens is 557 g/mol. The van der Waals surface area contributed by atoms with Crippen LogP contribution in [0.4, 0.5) is 0 Å². The summed E-state index contributed by atoms with van der Waals surface area (Å²) in [5.74, 6) is 1.10. The smallest absolute Gasteiger partial charge is 0.270 e. The van der Waals surface area contributed by atoms with E-state index >= 15 is 0 Å². The Kier molecular flexibility index (Phi) is 8.92. The highest BCUT2D eigenvalue weighted by Crippen LogP contribution is 2.34. The van der Waals surface area contributed by atoms with Gasteiger partial charge < -0.3 is 14.8 Å². The van der Waals surface area contributed by atoms with Gasteiger partial charge in [0.2, 0.25) is 0 Å². The lowest BCUT2D eigenvalue weighted by molar-refractivity contribution is 0.0945. The quantitative estimate of drug-likeness (QED) is 0.181. The molecule has 5 aromatic rings. The lowest BCUT2D eigenvalue weighted by Crippen LogP contribution is -2.28. The van der Waals surface area contributed by atoms with Crippen LogP contribution in [0.2, 0.25) is 10.0 Å². The number of methoxy groups -OCH3 is 2. The van der Waals surface area contributed by atoms with Crippen molar-refractivity contribution in [1.29, 1.82) is 0 Å². The van der Waals surface area contributed by atoms with Gasteiger partial charge in [-0.25, -0.2) is 4.68 Å². The maximum absolute atomic E-state index is 13.7. The van der Waals surface area contributed by atoms with E-state index in [2.05, 4.69) is 29.6 Å². The first kappa shape index (κ1) is 28.3. The van der Waals surface area contributed by atoms with E-state index in [9.17, 15) is 4.79 Å². The SMILES string of the molecule is COc1ccc(-c2cc(C(=O)NCCC(c3ccccc3)c3ccccc3)n(-c3ccc(Cl)c(Cl)c3)n2)c(OC)c1. The molecule has 4 aromatic carbocycles. The Balaban J connectivity index is 1.45. The van der Waals surface area contributed by atoms with Crippen molar-refractivity contribution in [3.8, 4) is 28.4 Å². The number of ether oxygens (including phenoxy) is 2. The number of carbonyl (C=O) groups excluding carboxylic acids is 1. The highest BCUT2D eigenvalue weighted by atomic mass is 35.5. The fraction of sp³-hybridized carbons (Fsp3) is 0.152. The average molecular weight is 587 g/mol. The molecule has 1 aromatic heterocycles. The predicted octanol–water partition coefficient (Wildman–Crippen LogP) is 7.82. The first-order chi connectivity index (χ1) is 20.0. The molecule has 5 rings (SSSR count). The van der Waals surface area contributed by atoms with Crippen LogP contribution in [0.3, 0.4) is 0 Å². The minimum Gasteiger partial charge on any atom is -0.497 e. The Bertz CT molecular complexity index is 1600. The largest absolute Gasteiger partial charge is 0.497 e. The van der Waals surface area contributed by atoms with E-state index in [0.717, 1.165) is 12.0 Å². The van der Waals surface area contributed by atoms with Gasteiger partial charge in [0.1, 0.15) is 17.2 Å². The summed E-state index contributed by atoms with van der Waals surface area (Å²) in [5, 5.41) is 8.66. The Morgan fingerprint density at radius 2 is 1.51 bits per heavy atom. The molecule has 208 valence electrons. The number of hydrogen-bond donors (Lipinski definition) is 1. The molecule has 8 heteroatoms. The zero-order valence-corrected chi connectivity index (χ0v) is 24.2. The molecule has 6 nitrogen and oxygen atoms in total. The maximum Gasteiger partial charge on any atom is 0.270 e. The van der Waals surface area contributed by atoms with Gasteiger partial charge in [-0.15, -0.1) is 0 Å². The molecule has 0 saturated carbocycles. The van der Waals surface area contributed by atoms with Gasteiger partial charge >= 0.3 is 0 Å². The molecule has 0 atom stereocenters. The van der Waals surface area contributed by atoms with E-state index in [1.807, 2.05) is 48.5 Å². The summed E-state index contributed by atoms with van der Waals surface area (Å²) in [5.41, 5.74) is 4.63. The van der Waals surface area contributed by atoms with E-state index in [0.29, 0.717) is 45.2 Å². The maximum atomic E-state index is 13.7. The zero-order chi connectivity index (χ0) is 28.8. The van der Waals surface area contributed by atoms with Gasteiger partial charge in [0.05, 0.1) is 35.6 Å². The molecule has 1 N–H and O–H groups in total. The lowest BCUT2D eigenvalue weighted by Gasteiger charge is -2.18. The molecule has 0 saturated heterocycles. The van der Waals surface area contributed by atoms with Crippen molar-refractivity contribution < 1.29 is 14.3 Å². The zero-order valence-electron chi connectivity index (χ0n) is 22.7. The van der Waals surface area contributed by atoms with Gasteiger partial charge in [-0.2, -0.15) is 5.10 Å². The molecule has 1 heterocycles. The molecule has 0 unspecified atom stereocenters. The molecule has 0 bridgehead atoms. The number of nitrogens with one attached hydrogen (secondary N) is 1. The summed E-state index contributed by atoms with van der Waals surface area (Å²) in [7, 11) is 3.17. The number of benzene rings is 4. The van der Waals surface area contributed by atoms with Crippen LogP contribution < -0.4 is 14.8 Å². The Morgan fingerprint density at radius 3 is 2.12 bits per heavy atom. The first-order valence-electron chi connectivity index (χ1n) is 13.1. The summed E-state index contributed by atoms with van der Waals surface area (Å²) in [6.45, 7) is 0.459. The summed E-state index contributed by atoms with van der Waals surface area (Å²) in [4.78, 5) is 13.7. The van der Waals surface area contributed by atoms with Crippen molar-refractivity contribution in [2.75, 3.05) is 20.8 Å². The van der Waals surface area contributed by atoms with Crippen molar-refractivity contribution in [1.82, 2.24) is 15.1 Å². The second-order valence-electron chi connectivity index (χ2n) is 9.41. The molecule has 0 spiro atoms. The topological polar surface area (TPSA) is 65.4 Å². The Hall–Kier alpha value is -4.26. The van der Waals surface area contributed by atoms with E-state index < -0.39 is 0 Å². The van der Waals surface area contributed by atoms with Crippen LogP contribution in [0, 0.1) is 0 Å². The van der Waals surface area contributed by atoms with Gasteiger partial charge in [0.15, 0.2) is 0 Å². The highest BCUT2D eigenvalue weighted by molar-refractivity contribution is 6.42. The first-order valence-corrected chi connectivity index (χ1v) is 13.9. The Labute approximate surface area is 249 Å². The number of amides is 1. The van der Waals surface area contributed by atoms with Gasteiger partial charge in [-0.05, 0) is 53.9 Å². The monoisotopic (exact) mass is 585 g/mol. The number of hydrogen-bond acceptors (Lipinski definition) is 4. The summed E-state index contributed by atoms with van der Waals surface area (Å²) in [6, 6.07) is 33.0. The second kappa shape index (κ2) is 12.9. The van der Waals surface area contributed by atoms with Crippen LogP contribution >= 0.6 is 23.2 Å². The third-order valence-corrected chi connectivity index (χ3v) is 7.64. The molecule has 41 heavy (non-hydrogen) atoms. The third-order valence-electron chi connectivity index (χ3n) is 6.90. The summed E-state index contributed by atoms with van der Waals surface area (Å²) in [6.07, 6.45) is 0.722. The van der Waals surface area contributed by atoms with Crippen molar-refractivity contribution >= 4 is 29.1 Å². The van der Waals surface area contributed by atoms with Crippen molar-refractivity contribution in [2.45, 2.75) is 12.3 Å². The normalized spacial score (nSPS) is 11.0. The summed E-state index contributed by atoms with van der Waals surface area (Å²) < 4.78 is 12.5. The summed E-state index contributed by atoms with van der Waals surface area (Å²) >= 11 is 12.5. The molecule has 0 radical (unpaired) electrons. The highest BCUT2D eigenvalue weighted by Gasteiger charge is 2.21. The third kappa shape index (κ3) is 6.40. The van der Waals surface area contributed by atoms with Crippen LogP contribution in [-0.2, 0) is 0 Å². The van der Waals surface area contributed by atoms with E-state index in [1.165, 1.54) is 11.1 Å². The standard InChI is InChI=1S/C33H29Cl2N3O3/c1-40-25-14-15-27(32(20-25)41-2)30-21-31(38(37-30)24-13-16-28(34)29(35)19-24)33(39)36-18-17-26(22-9-5-3-6-10-22)23-11-7-4-8-12-23/h3-16,19-21,26H,17-18H2,1-2H3,(H,36,39). The fourth-order valence-electron chi connectivity index (χ4n) is 4.82. The molecular formula is C33H29Cl2N3O3. The minimum atomic E-state index is -0.262. The van der Waals surface area contributed by atoms with Crippen molar-refractivity contribution in [3.63, 3.8) is 0 Å². The molecule has 0 fully saturated rings. The molecule has 0 aliphatic rings. The van der Waals surface area contributed by atoms with Gasteiger partial charge in [-0.3, -0.25) is 4.79 Å². The number of carbonyl (C=O) groups is 1. The van der Waals surface area contributed by atoms with Gasteiger partial charge in [-0.1, -0.05) is 83.9 Å². The van der Waals surface area contributed by atoms with E-state index in [4.69, 9.17) is 37.8 Å². The van der Waals surface area contributed by atoms with E-state index in [1.54, 1.807) is 49.2 Å². The van der Waals surface area contributed by atoms with Gasteiger partial charge in [0.25, 0.3) is 5.91 Å². The molecule has 1 amide bonds. The lowest BCUT2D eigenvalue weighted by atomic mass is 9.88. The molecule has 0 aliphatic heterocycles.